The minimum atomic E-state index is 0.778. The number of pyridine rings is 2. The number of hydrogen-bond donors (Lipinski definition) is 1. The van der Waals surface area contributed by atoms with Crippen LogP contribution in [0.5, 0.6) is 0 Å². The van der Waals surface area contributed by atoms with Crippen molar-refractivity contribution >= 4 is 11.6 Å². The summed E-state index contributed by atoms with van der Waals surface area (Å²) in [5, 5.41) is 3.39. The normalized spacial score (nSPS) is 14.5. The van der Waals surface area contributed by atoms with Gasteiger partial charge in [-0.25, -0.2) is 9.97 Å². The molecular weight excluding hydrogens is 260 g/mol. The summed E-state index contributed by atoms with van der Waals surface area (Å²) in [6.07, 6.45) is 4.39. The summed E-state index contributed by atoms with van der Waals surface area (Å²) in [5.74, 6) is 2.04. The van der Waals surface area contributed by atoms with Gasteiger partial charge in [-0.05, 0) is 62.1 Å². The van der Waals surface area contributed by atoms with E-state index < -0.39 is 0 Å². The lowest BCUT2D eigenvalue weighted by Gasteiger charge is -2.18. The molecule has 1 aliphatic rings. The third kappa shape index (κ3) is 3.51. The van der Waals surface area contributed by atoms with E-state index in [0.29, 0.717) is 0 Å². The molecule has 4 heteroatoms. The molecule has 1 fully saturated rings. The van der Waals surface area contributed by atoms with E-state index in [1.165, 1.54) is 24.0 Å². The maximum Gasteiger partial charge on any atom is 0.129 e. The molecule has 0 unspecified atom stereocenters. The summed E-state index contributed by atoms with van der Waals surface area (Å²) < 4.78 is 0. The fraction of sp³-hybridized carbons (Fsp3) is 0.412. The van der Waals surface area contributed by atoms with E-state index in [4.69, 9.17) is 0 Å². The van der Waals surface area contributed by atoms with Gasteiger partial charge in [0.1, 0.15) is 11.6 Å². The highest BCUT2D eigenvalue weighted by molar-refractivity contribution is 5.45. The van der Waals surface area contributed by atoms with Gasteiger partial charge in [-0.15, -0.1) is 0 Å². The van der Waals surface area contributed by atoms with E-state index in [2.05, 4.69) is 52.2 Å². The average Bonchev–Trinajstić information content (AvgIpc) is 2.99. The number of nitrogens with one attached hydrogen (secondary N) is 1. The Kier molecular flexibility index (Phi) is 4.04. The first-order valence-corrected chi connectivity index (χ1v) is 7.60. The zero-order valence-corrected chi connectivity index (χ0v) is 12.8. The largest absolute Gasteiger partial charge is 0.366 e. The molecule has 110 valence electrons. The summed E-state index contributed by atoms with van der Waals surface area (Å²) in [7, 11) is 0. The van der Waals surface area contributed by atoms with Crippen LogP contribution in [0.4, 0.5) is 11.6 Å². The summed E-state index contributed by atoms with van der Waals surface area (Å²) >= 11 is 0. The van der Waals surface area contributed by atoms with E-state index in [9.17, 15) is 0 Å². The SMILES string of the molecule is Cc1ccnc(NCc2cc(C)nc(N3CCCC3)c2)c1. The Labute approximate surface area is 126 Å². The predicted octanol–water partition coefficient (Wildman–Crippen LogP) is 3.31. The van der Waals surface area contributed by atoms with Crippen molar-refractivity contribution in [2.45, 2.75) is 33.2 Å². The van der Waals surface area contributed by atoms with Crippen LogP contribution >= 0.6 is 0 Å². The van der Waals surface area contributed by atoms with Crippen LogP contribution in [0.3, 0.4) is 0 Å². The molecule has 0 spiro atoms. The smallest absolute Gasteiger partial charge is 0.129 e. The molecule has 0 radical (unpaired) electrons. The zero-order chi connectivity index (χ0) is 14.7. The lowest BCUT2D eigenvalue weighted by atomic mass is 10.2. The molecule has 0 bridgehead atoms. The lowest BCUT2D eigenvalue weighted by Crippen LogP contribution is -2.19. The number of rotatable bonds is 4. The van der Waals surface area contributed by atoms with Gasteiger partial charge in [-0.2, -0.15) is 0 Å². The van der Waals surface area contributed by atoms with Crippen molar-refractivity contribution in [3.05, 3.63) is 47.3 Å². The second-order valence-corrected chi connectivity index (χ2v) is 5.74. The van der Waals surface area contributed by atoms with Gasteiger partial charge in [0.05, 0.1) is 0 Å². The van der Waals surface area contributed by atoms with Gasteiger partial charge in [0.2, 0.25) is 0 Å². The molecule has 3 heterocycles. The van der Waals surface area contributed by atoms with Gasteiger partial charge >= 0.3 is 0 Å². The molecular formula is C17H22N4. The average molecular weight is 282 g/mol. The first kappa shape index (κ1) is 13.9. The monoisotopic (exact) mass is 282 g/mol. The Hall–Kier alpha value is -2.10. The molecule has 0 aromatic carbocycles. The standard InChI is InChI=1S/C17H22N4/c1-13-5-6-18-16(9-13)19-12-15-10-14(2)20-17(11-15)21-7-3-4-8-21/h5-6,9-11H,3-4,7-8,12H2,1-2H3,(H,18,19). The molecule has 4 nitrogen and oxygen atoms in total. The van der Waals surface area contributed by atoms with E-state index in [-0.39, 0.29) is 0 Å². The van der Waals surface area contributed by atoms with Crippen molar-refractivity contribution in [3.8, 4) is 0 Å². The molecule has 1 saturated heterocycles. The predicted molar refractivity (Wildman–Crippen MR) is 86.7 cm³/mol. The number of nitrogens with zero attached hydrogens (tertiary/aromatic N) is 3. The Bertz CT molecular complexity index is 618. The van der Waals surface area contributed by atoms with Crippen LogP contribution in [0.2, 0.25) is 0 Å². The molecule has 0 amide bonds. The van der Waals surface area contributed by atoms with Gasteiger partial charge < -0.3 is 10.2 Å². The van der Waals surface area contributed by atoms with Crippen molar-refractivity contribution in [2.24, 2.45) is 0 Å². The minimum Gasteiger partial charge on any atom is -0.366 e. The fourth-order valence-corrected chi connectivity index (χ4v) is 2.76. The van der Waals surface area contributed by atoms with E-state index in [1.54, 1.807) is 0 Å². The fourth-order valence-electron chi connectivity index (χ4n) is 2.76. The molecule has 1 N–H and O–H groups in total. The second-order valence-electron chi connectivity index (χ2n) is 5.74. The summed E-state index contributed by atoms with van der Waals surface area (Å²) in [4.78, 5) is 11.4. The Morgan fingerprint density at radius 2 is 1.95 bits per heavy atom. The quantitative estimate of drug-likeness (QED) is 0.934. The highest BCUT2D eigenvalue weighted by atomic mass is 15.2. The van der Waals surface area contributed by atoms with Crippen LogP contribution in [0.1, 0.15) is 29.7 Å². The van der Waals surface area contributed by atoms with Crippen LogP contribution in [-0.4, -0.2) is 23.1 Å². The molecule has 0 atom stereocenters. The summed E-state index contributed by atoms with van der Waals surface area (Å²) in [5.41, 5.74) is 3.55. The van der Waals surface area contributed by atoms with Crippen LogP contribution in [0, 0.1) is 13.8 Å². The number of hydrogen-bond acceptors (Lipinski definition) is 4. The molecule has 1 aliphatic heterocycles. The minimum absolute atomic E-state index is 0.778. The number of aryl methyl sites for hydroxylation is 2. The van der Waals surface area contributed by atoms with Crippen molar-refractivity contribution in [1.82, 2.24) is 9.97 Å². The van der Waals surface area contributed by atoms with Crippen molar-refractivity contribution < 1.29 is 0 Å². The van der Waals surface area contributed by atoms with Crippen LogP contribution < -0.4 is 10.2 Å². The first-order valence-electron chi connectivity index (χ1n) is 7.60. The number of anilines is 2. The van der Waals surface area contributed by atoms with Gasteiger partial charge in [0.25, 0.3) is 0 Å². The molecule has 3 rings (SSSR count). The van der Waals surface area contributed by atoms with Gasteiger partial charge in [-0.1, -0.05) is 0 Å². The van der Waals surface area contributed by atoms with E-state index in [1.807, 2.05) is 12.3 Å². The topological polar surface area (TPSA) is 41.1 Å². The van der Waals surface area contributed by atoms with E-state index in [0.717, 1.165) is 37.0 Å². The Morgan fingerprint density at radius 1 is 1.14 bits per heavy atom. The van der Waals surface area contributed by atoms with Gasteiger partial charge in [0, 0.05) is 31.5 Å². The zero-order valence-electron chi connectivity index (χ0n) is 12.8. The lowest BCUT2D eigenvalue weighted by molar-refractivity contribution is 0.921. The van der Waals surface area contributed by atoms with Crippen LogP contribution in [-0.2, 0) is 6.54 Å². The highest BCUT2D eigenvalue weighted by Gasteiger charge is 2.14. The molecule has 0 saturated carbocycles. The first-order chi connectivity index (χ1) is 10.2. The van der Waals surface area contributed by atoms with Gasteiger partial charge in [-0.3, -0.25) is 0 Å². The van der Waals surface area contributed by atoms with Crippen molar-refractivity contribution in [3.63, 3.8) is 0 Å². The van der Waals surface area contributed by atoms with E-state index >= 15 is 0 Å². The highest BCUT2D eigenvalue weighted by Crippen LogP contribution is 2.20. The third-order valence-corrected chi connectivity index (χ3v) is 3.82. The Morgan fingerprint density at radius 3 is 2.71 bits per heavy atom. The summed E-state index contributed by atoms with van der Waals surface area (Å²) in [6, 6.07) is 8.41. The molecule has 0 aliphatic carbocycles. The maximum absolute atomic E-state index is 4.67. The van der Waals surface area contributed by atoms with Crippen LogP contribution in [0.15, 0.2) is 30.5 Å². The number of aromatic nitrogens is 2. The third-order valence-electron chi connectivity index (χ3n) is 3.82. The molecule has 21 heavy (non-hydrogen) atoms. The van der Waals surface area contributed by atoms with Crippen molar-refractivity contribution in [1.29, 1.82) is 0 Å². The maximum atomic E-state index is 4.67. The second kappa shape index (κ2) is 6.12. The summed E-state index contributed by atoms with van der Waals surface area (Å²) in [6.45, 7) is 7.18. The Balaban J connectivity index is 1.72. The molecule has 2 aromatic heterocycles. The van der Waals surface area contributed by atoms with Gasteiger partial charge in [0.15, 0.2) is 0 Å². The van der Waals surface area contributed by atoms with Crippen molar-refractivity contribution in [2.75, 3.05) is 23.3 Å². The van der Waals surface area contributed by atoms with Crippen LogP contribution in [0.25, 0.3) is 0 Å². The molecule has 2 aromatic rings.